The van der Waals surface area contributed by atoms with Crippen molar-refractivity contribution < 1.29 is 14.6 Å². The SMILES string of the molecule is [CH2]c1cc(OC)c(O)cc1OC. The second-order valence-electron chi connectivity index (χ2n) is 2.34. The number of phenolic OH excluding ortho intramolecular Hbond substituents is 1. The minimum atomic E-state index is 0.0572. The first-order valence-corrected chi connectivity index (χ1v) is 3.46. The van der Waals surface area contributed by atoms with E-state index in [1.165, 1.54) is 20.3 Å². The molecule has 1 aromatic rings. The minimum absolute atomic E-state index is 0.0572. The zero-order chi connectivity index (χ0) is 9.14. The molecular weight excluding hydrogens is 156 g/mol. The van der Waals surface area contributed by atoms with Crippen molar-refractivity contribution in [1.29, 1.82) is 0 Å². The Balaban J connectivity index is 3.16. The maximum atomic E-state index is 9.31. The Labute approximate surface area is 71.5 Å². The normalized spacial score (nSPS) is 9.58. The first-order chi connectivity index (χ1) is 5.69. The number of hydrogen-bond donors (Lipinski definition) is 1. The first-order valence-electron chi connectivity index (χ1n) is 3.46. The van der Waals surface area contributed by atoms with E-state index < -0.39 is 0 Å². The molecule has 65 valence electrons. The Hall–Kier alpha value is -1.38. The molecule has 1 radical (unpaired) electrons. The van der Waals surface area contributed by atoms with Gasteiger partial charge in [0, 0.05) is 6.07 Å². The van der Waals surface area contributed by atoms with E-state index in [0.29, 0.717) is 17.1 Å². The average molecular weight is 167 g/mol. The number of benzene rings is 1. The van der Waals surface area contributed by atoms with E-state index in [4.69, 9.17) is 9.47 Å². The van der Waals surface area contributed by atoms with Crippen LogP contribution in [0.4, 0.5) is 0 Å². The maximum Gasteiger partial charge on any atom is 0.161 e. The van der Waals surface area contributed by atoms with Crippen LogP contribution < -0.4 is 9.47 Å². The highest BCUT2D eigenvalue weighted by atomic mass is 16.5. The van der Waals surface area contributed by atoms with Gasteiger partial charge >= 0.3 is 0 Å². The van der Waals surface area contributed by atoms with Crippen LogP contribution >= 0.6 is 0 Å². The number of methoxy groups -OCH3 is 2. The molecule has 12 heavy (non-hydrogen) atoms. The van der Waals surface area contributed by atoms with Gasteiger partial charge < -0.3 is 14.6 Å². The maximum absolute atomic E-state index is 9.31. The molecule has 0 aliphatic heterocycles. The Morgan fingerprint density at radius 1 is 1.17 bits per heavy atom. The molecule has 0 unspecified atom stereocenters. The molecule has 0 atom stereocenters. The van der Waals surface area contributed by atoms with E-state index in [1.807, 2.05) is 0 Å². The van der Waals surface area contributed by atoms with Crippen LogP contribution in [0, 0.1) is 6.92 Å². The second kappa shape index (κ2) is 3.34. The monoisotopic (exact) mass is 167 g/mol. The molecule has 3 heteroatoms. The van der Waals surface area contributed by atoms with Gasteiger partial charge in [-0.15, -0.1) is 0 Å². The van der Waals surface area contributed by atoms with Crippen LogP contribution in [0.1, 0.15) is 5.56 Å². The highest BCUT2D eigenvalue weighted by molar-refractivity contribution is 5.50. The quantitative estimate of drug-likeness (QED) is 0.727. The summed E-state index contributed by atoms with van der Waals surface area (Å²) in [6.45, 7) is 3.72. The number of rotatable bonds is 2. The summed E-state index contributed by atoms with van der Waals surface area (Å²) in [4.78, 5) is 0. The van der Waals surface area contributed by atoms with Crippen LogP contribution in [0.15, 0.2) is 12.1 Å². The van der Waals surface area contributed by atoms with Gasteiger partial charge in [0.25, 0.3) is 0 Å². The molecule has 0 saturated carbocycles. The van der Waals surface area contributed by atoms with Crippen molar-refractivity contribution >= 4 is 0 Å². The van der Waals surface area contributed by atoms with Gasteiger partial charge in [-0.2, -0.15) is 0 Å². The van der Waals surface area contributed by atoms with Crippen LogP contribution in [0.5, 0.6) is 17.2 Å². The zero-order valence-corrected chi connectivity index (χ0v) is 7.13. The van der Waals surface area contributed by atoms with Crippen molar-refractivity contribution in [2.75, 3.05) is 14.2 Å². The Bertz CT molecular complexity index is 252. The molecule has 1 rings (SSSR count). The van der Waals surface area contributed by atoms with E-state index in [1.54, 1.807) is 6.07 Å². The summed E-state index contributed by atoms with van der Waals surface area (Å²) < 4.78 is 9.83. The van der Waals surface area contributed by atoms with Gasteiger partial charge in [-0.3, -0.25) is 0 Å². The van der Waals surface area contributed by atoms with Crippen LogP contribution in [0.2, 0.25) is 0 Å². The molecule has 0 heterocycles. The summed E-state index contributed by atoms with van der Waals surface area (Å²) in [6.07, 6.45) is 0. The van der Waals surface area contributed by atoms with Crippen LogP contribution in [-0.2, 0) is 0 Å². The van der Waals surface area contributed by atoms with Crippen molar-refractivity contribution in [3.63, 3.8) is 0 Å². The Kier molecular flexibility index (Phi) is 2.43. The molecule has 1 N–H and O–H groups in total. The number of hydrogen-bond acceptors (Lipinski definition) is 3. The molecular formula is C9H11O3. The van der Waals surface area contributed by atoms with Crippen molar-refractivity contribution in [3.05, 3.63) is 24.6 Å². The Morgan fingerprint density at radius 3 is 2.25 bits per heavy atom. The molecule has 0 amide bonds. The largest absolute Gasteiger partial charge is 0.504 e. The van der Waals surface area contributed by atoms with E-state index >= 15 is 0 Å². The van der Waals surface area contributed by atoms with Gasteiger partial charge in [0.05, 0.1) is 14.2 Å². The summed E-state index contributed by atoms with van der Waals surface area (Å²) in [5.74, 6) is 1.01. The molecule has 0 aliphatic carbocycles. The summed E-state index contributed by atoms with van der Waals surface area (Å²) in [5.41, 5.74) is 0.687. The molecule has 0 fully saturated rings. The summed E-state index contributed by atoms with van der Waals surface area (Å²) in [6, 6.07) is 3.09. The summed E-state index contributed by atoms with van der Waals surface area (Å²) in [5, 5.41) is 9.31. The number of ether oxygens (including phenoxy) is 2. The van der Waals surface area contributed by atoms with Crippen LogP contribution in [-0.4, -0.2) is 19.3 Å². The highest BCUT2D eigenvalue weighted by Crippen LogP contribution is 2.32. The molecule has 0 aliphatic rings. The number of aromatic hydroxyl groups is 1. The second-order valence-corrected chi connectivity index (χ2v) is 2.34. The van der Waals surface area contributed by atoms with Crippen LogP contribution in [0.3, 0.4) is 0 Å². The highest BCUT2D eigenvalue weighted by Gasteiger charge is 2.06. The topological polar surface area (TPSA) is 38.7 Å². The third-order valence-electron chi connectivity index (χ3n) is 1.58. The molecule has 0 spiro atoms. The molecule has 0 saturated heterocycles. The molecule has 3 nitrogen and oxygen atoms in total. The van der Waals surface area contributed by atoms with Gasteiger partial charge in [0.15, 0.2) is 11.5 Å². The standard InChI is InChI=1S/C9H11O3/c1-6-4-9(12-3)7(10)5-8(6)11-2/h4-5,10H,1H2,2-3H3. The lowest BCUT2D eigenvalue weighted by molar-refractivity contribution is 0.365. The van der Waals surface area contributed by atoms with Gasteiger partial charge in [-0.1, -0.05) is 0 Å². The molecule has 0 bridgehead atoms. The van der Waals surface area contributed by atoms with Crippen molar-refractivity contribution in [3.8, 4) is 17.2 Å². The van der Waals surface area contributed by atoms with E-state index in [2.05, 4.69) is 6.92 Å². The van der Waals surface area contributed by atoms with E-state index in [-0.39, 0.29) is 5.75 Å². The third-order valence-corrected chi connectivity index (χ3v) is 1.58. The molecule has 1 aromatic carbocycles. The predicted octanol–water partition coefficient (Wildman–Crippen LogP) is 1.59. The average Bonchev–Trinajstić information content (AvgIpc) is 2.08. The van der Waals surface area contributed by atoms with E-state index in [9.17, 15) is 5.11 Å². The third kappa shape index (κ3) is 1.44. The van der Waals surface area contributed by atoms with Crippen molar-refractivity contribution in [2.45, 2.75) is 0 Å². The lowest BCUT2D eigenvalue weighted by Crippen LogP contribution is -1.89. The fraction of sp³-hybridized carbons (Fsp3) is 0.222. The van der Waals surface area contributed by atoms with Gasteiger partial charge in [0.2, 0.25) is 0 Å². The zero-order valence-electron chi connectivity index (χ0n) is 7.13. The van der Waals surface area contributed by atoms with Gasteiger partial charge in [0.1, 0.15) is 5.75 Å². The van der Waals surface area contributed by atoms with Crippen molar-refractivity contribution in [2.24, 2.45) is 0 Å². The molecule has 0 aromatic heterocycles. The fourth-order valence-corrected chi connectivity index (χ4v) is 0.945. The first kappa shape index (κ1) is 8.71. The Morgan fingerprint density at radius 2 is 1.75 bits per heavy atom. The van der Waals surface area contributed by atoms with Gasteiger partial charge in [-0.05, 0) is 18.6 Å². The lowest BCUT2D eigenvalue weighted by Gasteiger charge is -2.08. The predicted molar refractivity (Wildman–Crippen MR) is 45.7 cm³/mol. The van der Waals surface area contributed by atoms with Gasteiger partial charge in [-0.25, -0.2) is 0 Å². The smallest absolute Gasteiger partial charge is 0.161 e. The lowest BCUT2D eigenvalue weighted by atomic mass is 10.2. The van der Waals surface area contributed by atoms with Crippen molar-refractivity contribution in [1.82, 2.24) is 0 Å². The minimum Gasteiger partial charge on any atom is -0.504 e. The van der Waals surface area contributed by atoms with E-state index in [0.717, 1.165) is 0 Å². The summed E-state index contributed by atoms with van der Waals surface area (Å²) in [7, 11) is 3.01. The summed E-state index contributed by atoms with van der Waals surface area (Å²) >= 11 is 0. The van der Waals surface area contributed by atoms with Crippen LogP contribution in [0.25, 0.3) is 0 Å². The number of phenols is 1. The fourth-order valence-electron chi connectivity index (χ4n) is 0.945.